The van der Waals surface area contributed by atoms with Crippen molar-refractivity contribution in [2.75, 3.05) is 13.2 Å². The third-order valence-electron chi connectivity index (χ3n) is 3.68. The molecule has 0 amide bonds. The van der Waals surface area contributed by atoms with Gasteiger partial charge in [0.05, 0.1) is 6.61 Å². The molecular formula is C18H20N2O. The van der Waals surface area contributed by atoms with E-state index in [1.54, 1.807) is 0 Å². The van der Waals surface area contributed by atoms with Gasteiger partial charge in [-0.2, -0.15) is 0 Å². The Morgan fingerprint density at radius 2 is 1.81 bits per heavy atom. The third-order valence-corrected chi connectivity index (χ3v) is 3.68. The van der Waals surface area contributed by atoms with Crippen LogP contribution in [-0.4, -0.2) is 18.1 Å². The van der Waals surface area contributed by atoms with Gasteiger partial charge in [0.2, 0.25) is 0 Å². The van der Waals surface area contributed by atoms with E-state index in [2.05, 4.69) is 41.5 Å². The lowest BCUT2D eigenvalue weighted by atomic mass is 10.0. The van der Waals surface area contributed by atoms with Crippen LogP contribution in [0.1, 0.15) is 12.5 Å². The van der Waals surface area contributed by atoms with Crippen molar-refractivity contribution >= 4 is 10.9 Å². The van der Waals surface area contributed by atoms with Crippen molar-refractivity contribution < 1.29 is 4.74 Å². The number of aromatic amines is 1. The number of hydrogen-bond donors (Lipinski definition) is 2. The standard InChI is InChI=1S/C18H20N2O/c1-2-21-16-6-3-13(4-7-16)14-5-8-18-17(11-14)15(9-10-19)12-20-18/h3-8,11-12,20H,2,9-10,19H2,1H3. The summed E-state index contributed by atoms with van der Waals surface area (Å²) in [6.07, 6.45) is 2.95. The Labute approximate surface area is 124 Å². The fourth-order valence-electron chi connectivity index (χ4n) is 2.63. The van der Waals surface area contributed by atoms with Crippen molar-refractivity contribution in [3.05, 3.63) is 54.2 Å². The summed E-state index contributed by atoms with van der Waals surface area (Å²) in [5.74, 6) is 0.910. The molecule has 0 aliphatic rings. The summed E-state index contributed by atoms with van der Waals surface area (Å²) >= 11 is 0. The molecule has 0 saturated carbocycles. The lowest BCUT2D eigenvalue weighted by molar-refractivity contribution is 0.340. The van der Waals surface area contributed by atoms with E-state index in [-0.39, 0.29) is 0 Å². The lowest BCUT2D eigenvalue weighted by Crippen LogP contribution is -2.01. The highest BCUT2D eigenvalue weighted by molar-refractivity contribution is 5.88. The van der Waals surface area contributed by atoms with Gasteiger partial charge >= 0.3 is 0 Å². The van der Waals surface area contributed by atoms with E-state index in [0.29, 0.717) is 13.2 Å². The number of fused-ring (bicyclic) bond motifs is 1. The molecule has 3 N–H and O–H groups in total. The minimum Gasteiger partial charge on any atom is -0.494 e. The summed E-state index contributed by atoms with van der Waals surface area (Å²) in [5.41, 5.74) is 10.5. The van der Waals surface area contributed by atoms with Crippen LogP contribution in [-0.2, 0) is 6.42 Å². The van der Waals surface area contributed by atoms with E-state index in [1.165, 1.54) is 22.1 Å². The molecule has 1 heterocycles. The fraction of sp³-hybridized carbons (Fsp3) is 0.222. The highest BCUT2D eigenvalue weighted by Crippen LogP contribution is 2.27. The number of rotatable bonds is 5. The Balaban J connectivity index is 1.97. The Hall–Kier alpha value is -2.26. The zero-order valence-corrected chi connectivity index (χ0v) is 12.2. The molecule has 0 atom stereocenters. The molecule has 0 saturated heterocycles. The number of hydrogen-bond acceptors (Lipinski definition) is 2. The smallest absolute Gasteiger partial charge is 0.119 e. The highest BCUT2D eigenvalue weighted by atomic mass is 16.5. The van der Waals surface area contributed by atoms with Crippen molar-refractivity contribution in [1.82, 2.24) is 4.98 Å². The molecule has 3 nitrogen and oxygen atoms in total. The first-order valence-electron chi connectivity index (χ1n) is 7.35. The zero-order chi connectivity index (χ0) is 14.7. The van der Waals surface area contributed by atoms with E-state index in [0.717, 1.165) is 17.7 Å². The van der Waals surface area contributed by atoms with E-state index < -0.39 is 0 Å². The molecule has 0 radical (unpaired) electrons. The minimum absolute atomic E-state index is 0.667. The van der Waals surface area contributed by atoms with Crippen LogP contribution in [0, 0.1) is 0 Å². The number of nitrogens with two attached hydrogens (primary N) is 1. The van der Waals surface area contributed by atoms with Crippen LogP contribution in [0.25, 0.3) is 22.0 Å². The summed E-state index contributed by atoms with van der Waals surface area (Å²) in [6, 6.07) is 14.7. The van der Waals surface area contributed by atoms with Crippen molar-refractivity contribution in [2.24, 2.45) is 5.73 Å². The van der Waals surface area contributed by atoms with Crippen molar-refractivity contribution in [3.63, 3.8) is 0 Å². The SMILES string of the molecule is CCOc1ccc(-c2ccc3[nH]cc(CCN)c3c2)cc1. The number of nitrogens with one attached hydrogen (secondary N) is 1. The van der Waals surface area contributed by atoms with Gasteiger partial charge in [-0.1, -0.05) is 18.2 Å². The maximum atomic E-state index is 5.68. The molecule has 0 fully saturated rings. The van der Waals surface area contributed by atoms with Gasteiger partial charge in [-0.3, -0.25) is 0 Å². The Morgan fingerprint density at radius 3 is 2.52 bits per heavy atom. The number of ether oxygens (including phenoxy) is 1. The molecule has 0 bridgehead atoms. The van der Waals surface area contributed by atoms with E-state index in [4.69, 9.17) is 10.5 Å². The quantitative estimate of drug-likeness (QED) is 0.748. The van der Waals surface area contributed by atoms with Gasteiger partial charge in [0.1, 0.15) is 5.75 Å². The van der Waals surface area contributed by atoms with Crippen LogP contribution in [0.2, 0.25) is 0 Å². The van der Waals surface area contributed by atoms with Crippen LogP contribution in [0.5, 0.6) is 5.75 Å². The normalized spacial score (nSPS) is 11.0. The summed E-state index contributed by atoms with van der Waals surface area (Å²) in [7, 11) is 0. The summed E-state index contributed by atoms with van der Waals surface area (Å²) < 4.78 is 5.49. The van der Waals surface area contributed by atoms with Gasteiger partial charge in [0, 0.05) is 17.1 Å². The molecule has 3 aromatic rings. The maximum absolute atomic E-state index is 5.68. The monoisotopic (exact) mass is 280 g/mol. The van der Waals surface area contributed by atoms with Gasteiger partial charge in [-0.05, 0) is 60.8 Å². The van der Waals surface area contributed by atoms with Crippen molar-refractivity contribution in [3.8, 4) is 16.9 Å². The zero-order valence-electron chi connectivity index (χ0n) is 12.2. The van der Waals surface area contributed by atoms with Gasteiger partial charge < -0.3 is 15.5 Å². The Morgan fingerprint density at radius 1 is 1.05 bits per heavy atom. The first-order valence-corrected chi connectivity index (χ1v) is 7.35. The maximum Gasteiger partial charge on any atom is 0.119 e. The molecule has 1 aromatic heterocycles. The van der Waals surface area contributed by atoms with Gasteiger partial charge in [0.15, 0.2) is 0 Å². The predicted molar refractivity (Wildman–Crippen MR) is 87.7 cm³/mol. The Bertz CT molecular complexity index is 729. The molecule has 2 aromatic carbocycles. The second kappa shape index (κ2) is 6.02. The number of benzene rings is 2. The summed E-state index contributed by atoms with van der Waals surface area (Å²) in [4.78, 5) is 3.30. The van der Waals surface area contributed by atoms with Crippen molar-refractivity contribution in [1.29, 1.82) is 0 Å². The first kappa shape index (κ1) is 13.7. The Kier molecular flexibility index (Phi) is 3.93. The van der Waals surface area contributed by atoms with Crippen LogP contribution in [0.3, 0.4) is 0 Å². The van der Waals surface area contributed by atoms with Crippen molar-refractivity contribution in [2.45, 2.75) is 13.3 Å². The second-order valence-corrected chi connectivity index (χ2v) is 5.07. The molecular weight excluding hydrogens is 260 g/mol. The minimum atomic E-state index is 0.667. The molecule has 3 heteroatoms. The molecule has 0 unspecified atom stereocenters. The van der Waals surface area contributed by atoms with E-state index in [9.17, 15) is 0 Å². The average Bonchev–Trinajstić information content (AvgIpc) is 2.91. The first-order chi connectivity index (χ1) is 10.3. The molecule has 0 spiro atoms. The second-order valence-electron chi connectivity index (χ2n) is 5.07. The highest BCUT2D eigenvalue weighted by Gasteiger charge is 2.05. The largest absolute Gasteiger partial charge is 0.494 e. The molecule has 108 valence electrons. The van der Waals surface area contributed by atoms with Crippen LogP contribution in [0.4, 0.5) is 0 Å². The van der Waals surface area contributed by atoms with Gasteiger partial charge in [-0.15, -0.1) is 0 Å². The van der Waals surface area contributed by atoms with Gasteiger partial charge in [0.25, 0.3) is 0 Å². The van der Waals surface area contributed by atoms with Gasteiger partial charge in [-0.25, -0.2) is 0 Å². The van der Waals surface area contributed by atoms with Crippen LogP contribution >= 0.6 is 0 Å². The lowest BCUT2D eigenvalue weighted by Gasteiger charge is -2.06. The molecule has 0 aliphatic heterocycles. The number of H-pyrrole nitrogens is 1. The van der Waals surface area contributed by atoms with E-state index >= 15 is 0 Å². The number of aromatic nitrogens is 1. The average molecular weight is 280 g/mol. The molecule has 0 aliphatic carbocycles. The topological polar surface area (TPSA) is 51.0 Å². The van der Waals surface area contributed by atoms with Crippen LogP contribution < -0.4 is 10.5 Å². The fourth-order valence-corrected chi connectivity index (χ4v) is 2.63. The summed E-state index contributed by atoms with van der Waals surface area (Å²) in [5, 5.41) is 1.26. The predicted octanol–water partition coefficient (Wildman–Crippen LogP) is 3.73. The third kappa shape index (κ3) is 2.78. The molecule has 3 rings (SSSR count). The summed E-state index contributed by atoms with van der Waals surface area (Å²) in [6.45, 7) is 3.35. The van der Waals surface area contributed by atoms with E-state index in [1.807, 2.05) is 19.1 Å². The van der Waals surface area contributed by atoms with Crippen LogP contribution in [0.15, 0.2) is 48.7 Å². The molecule has 21 heavy (non-hydrogen) atoms.